The second-order valence-corrected chi connectivity index (χ2v) is 3.78. The van der Waals surface area contributed by atoms with Gasteiger partial charge in [-0.25, -0.2) is 4.39 Å². The van der Waals surface area contributed by atoms with Crippen LogP contribution in [0.2, 0.25) is 0 Å². The highest BCUT2D eigenvalue weighted by atomic mass is 19.1. The minimum Gasteiger partial charge on any atom is -0.330 e. The van der Waals surface area contributed by atoms with Gasteiger partial charge in [-0.2, -0.15) is 0 Å². The van der Waals surface area contributed by atoms with Crippen LogP contribution in [0.25, 0.3) is 0 Å². The van der Waals surface area contributed by atoms with Crippen molar-refractivity contribution >= 4 is 0 Å². The molecule has 0 saturated carbocycles. The van der Waals surface area contributed by atoms with Crippen LogP contribution in [0.5, 0.6) is 0 Å². The third kappa shape index (κ3) is 3.90. The molecule has 1 unspecified atom stereocenters. The Morgan fingerprint density at radius 1 is 1.31 bits per heavy atom. The summed E-state index contributed by atoms with van der Waals surface area (Å²) >= 11 is 0. The van der Waals surface area contributed by atoms with E-state index in [1.807, 2.05) is 0 Å². The van der Waals surface area contributed by atoms with Crippen molar-refractivity contribution < 1.29 is 4.39 Å². The first-order valence-corrected chi connectivity index (χ1v) is 5.37. The molecule has 1 rings (SSSR count). The maximum Gasteiger partial charge on any atom is 0.122 e. The minimum atomic E-state index is -0.775. The van der Waals surface area contributed by atoms with Gasteiger partial charge in [-0.1, -0.05) is 18.9 Å². The van der Waals surface area contributed by atoms with Crippen LogP contribution in [-0.2, 0) is 0 Å². The van der Waals surface area contributed by atoms with Gasteiger partial charge in [0.05, 0.1) is 0 Å². The molecule has 0 bridgehead atoms. The summed E-state index contributed by atoms with van der Waals surface area (Å²) < 4.78 is 13.5. The van der Waals surface area contributed by atoms with Gasteiger partial charge in [-0.05, 0) is 44.2 Å². The van der Waals surface area contributed by atoms with E-state index < -0.39 is 6.17 Å². The molecule has 0 spiro atoms. The second kappa shape index (κ2) is 6.14. The van der Waals surface area contributed by atoms with Crippen LogP contribution in [0.1, 0.15) is 44.9 Å². The van der Waals surface area contributed by atoms with E-state index in [1.54, 1.807) is 0 Å². The van der Waals surface area contributed by atoms with Gasteiger partial charge in [-0.15, -0.1) is 0 Å². The number of allylic oxidation sites excluding steroid dienone is 2. The maximum atomic E-state index is 13.5. The molecule has 0 radical (unpaired) electrons. The van der Waals surface area contributed by atoms with E-state index >= 15 is 0 Å². The SMILES string of the molecule is NCCC(F)C1=CCCCCCC1. The van der Waals surface area contributed by atoms with Crippen molar-refractivity contribution in [2.45, 2.75) is 51.1 Å². The quantitative estimate of drug-likeness (QED) is 0.672. The van der Waals surface area contributed by atoms with E-state index in [4.69, 9.17) is 5.73 Å². The van der Waals surface area contributed by atoms with Gasteiger partial charge in [0.2, 0.25) is 0 Å². The van der Waals surface area contributed by atoms with Gasteiger partial charge in [0.15, 0.2) is 0 Å². The molecule has 2 heteroatoms. The fraction of sp³-hybridized carbons (Fsp3) is 0.818. The number of hydrogen-bond donors (Lipinski definition) is 1. The standard InChI is InChI=1S/C11H20FN/c12-11(8-9-13)10-6-4-2-1-3-5-7-10/h6,11H,1-5,7-9,13H2. The highest BCUT2D eigenvalue weighted by molar-refractivity contribution is 5.08. The van der Waals surface area contributed by atoms with E-state index in [2.05, 4.69) is 6.08 Å². The molecule has 0 aromatic rings. The van der Waals surface area contributed by atoms with E-state index in [-0.39, 0.29) is 0 Å². The Bertz CT molecular complexity index is 165. The summed E-state index contributed by atoms with van der Waals surface area (Å²) in [4.78, 5) is 0. The fourth-order valence-electron chi connectivity index (χ4n) is 1.83. The van der Waals surface area contributed by atoms with Crippen LogP contribution >= 0.6 is 0 Å². The average Bonchev–Trinajstić information content (AvgIpc) is 2.03. The van der Waals surface area contributed by atoms with Crippen molar-refractivity contribution in [3.8, 4) is 0 Å². The molecule has 1 aliphatic carbocycles. The lowest BCUT2D eigenvalue weighted by atomic mass is 9.96. The zero-order valence-corrected chi connectivity index (χ0v) is 8.27. The van der Waals surface area contributed by atoms with Gasteiger partial charge >= 0.3 is 0 Å². The number of hydrogen-bond acceptors (Lipinski definition) is 1. The summed E-state index contributed by atoms with van der Waals surface area (Å²) in [5.74, 6) is 0. The Labute approximate surface area is 80.2 Å². The van der Waals surface area contributed by atoms with Crippen molar-refractivity contribution in [2.24, 2.45) is 5.73 Å². The Morgan fingerprint density at radius 2 is 2.08 bits per heavy atom. The van der Waals surface area contributed by atoms with Crippen LogP contribution < -0.4 is 5.73 Å². The topological polar surface area (TPSA) is 26.0 Å². The number of alkyl halides is 1. The molecule has 1 aliphatic rings. The Balaban J connectivity index is 2.43. The molecule has 2 N–H and O–H groups in total. The molecule has 13 heavy (non-hydrogen) atoms. The van der Waals surface area contributed by atoms with Crippen LogP contribution in [0.15, 0.2) is 11.6 Å². The lowest BCUT2D eigenvalue weighted by Crippen LogP contribution is -2.12. The first kappa shape index (κ1) is 10.7. The predicted octanol–water partition coefficient (Wildman–Crippen LogP) is 2.95. The lowest BCUT2D eigenvalue weighted by molar-refractivity contribution is 0.351. The third-order valence-electron chi connectivity index (χ3n) is 2.65. The molecule has 1 atom stereocenters. The van der Waals surface area contributed by atoms with E-state index in [0.717, 1.165) is 24.8 Å². The van der Waals surface area contributed by atoms with E-state index in [9.17, 15) is 4.39 Å². The summed E-state index contributed by atoms with van der Waals surface area (Å²) in [7, 11) is 0. The molecule has 0 heterocycles. The molecule has 0 aromatic carbocycles. The number of nitrogens with two attached hydrogens (primary N) is 1. The third-order valence-corrected chi connectivity index (χ3v) is 2.65. The van der Waals surface area contributed by atoms with Gasteiger partial charge in [0.1, 0.15) is 6.17 Å². The smallest absolute Gasteiger partial charge is 0.122 e. The van der Waals surface area contributed by atoms with Gasteiger partial charge in [0.25, 0.3) is 0 Å². The monoisotopic (exact) mass is 185 g/mol. The van der Waals surface area contributed by atoms with Crippen LogP contribution in [0.3, 0.4) is 0 Å². The average molecular weight is 185 g/mol. The Hall–Kier alpha value is -0.370. The van der Waals surface area contributed by atoms with Crippen molar-refractivity contribution in [2.75, 3.05) is 6.54 Å². The Morgan fingerprint density at radius 3 is 2.85 bits per heavy atom. The van der Waals surface area contributed by atoms with Crippen molar-refractivity contribution in [3.63, 3.8) is 0 Å². The van der Waals surface area contributed by atoms with Crippen LogP contribution in [0, 0.1) is 0 Å². The molecule has 0 aliphatic heterocycles. The van der Waals surface area contributed by atoms with Crippen molar-refractivity contribution in [1.82, 2.24) is 0 Å². The largest absolute Gasteiger partial charge is 0.330 e. The number of halogens is 1. The number of rotatable bonds is 3. The summed E-state index contributed by atoms with van der Waals surface area (Å²) in [5.41, 5.74) is 6.34. The molecular formula is C11H20FN. The fourth-order valence-corrected chi connectivity index (χ4v) is 1.83. The maximum absolute atomic E-state index is 13.5. The van der Waals surface area contributed by atoms with Crippen LogP contribution in [-0.4, -0.2) is 12.7 Å². The van der Waals surface area contributed by atoms with Crippen LogP contribution in [0.4, 0.5) is 4.39 Å². The molecule has 0 amide bonds. The Kier molecular flexibility index (Phi) is 5.06. The van der Waals surface area contributed by atoms with Gasteiger partial charge in [0, 0.05) is 0 Å². The highest BCUT2D eigenvalue weighted by Crippen LogP contribution is 2.22. The lowest BCUT2D eigenvalue weighted by Gasteiger charge is -2.14. The molecule has 0 fully saturated rings. The zero-order chi connectivity index (χ0) is 9.52. The van der Waals surface area contributed by atoms with Gasteiger partial charge < -0.3 is 5.73 Å². The molecule has 0 aromatic heterocycles. The van der Waals surface area contributed by atoms with E-state index in [0.29, 0.717) is 13.0 Å². The summed E-state index contributed by atoms with van der Waals surface area (Å²) in [5, 5.41) is 0. The zero-order valence-electron chi connectivity index (χ0n) is 8.27. The summed E-state index contributed by atoms with van der Waals surface area (Å²) in [6.07, 6.45) is 8.75. The van der Waals surface area contributed by atoms with E-state index in [1.165, 1.54) is 19.3 Å². The molecule has 0 saturated heterocycles. The minimum absolute atomic E-state index is 0.457. The summed E-state index contributed by atoms with van der Waals surface area (Å²) in [6.45, 7) is 0.457. The second-order valence-electron chi connectivity index (χ2n) is 3.78. The molecule has 76 valence electrons. The predicted molar refractivity (Wildman–Crippen MR) is 54.4 cm³/mol. The normalized spacial score (nSPS) is 21.5. The summed E-state index contributed by atoms with van der Waals surface area (Å²) in [6, 6.07) is 0. The van der Waals surface area contributed by atoms with Crippen molar-refractivity contribution in [1.29, 1.82) is 0 Å². The highest BCUT2D eigenvalue weighted by Gasteiger charge is 2.12. The van der Waals surface area contributed by atoms with Crippen molar-refractivity contribution in [3.05, 3.63) is 11.6 Å². The first-order chi connectivity index (χ1) is 6.34. The molecular weight excluding hydrogens is 165 g/mol. The molecule has 1 nitrogen and oxygen atoms in total. The van der Waals surface area contributed by atoms with Gasteiger partial charge in [-0.3, -0.25) is 0 Å². The first-order valence-electron chi connectivity index (χ1n) is 5.37.